The van der Waals surface area contributed by atoms with Gasteiger partial charge in [-0.05, 0) is 24.6 Å². The van der Waals surface area contributed by atoms with Gasteiger partial charge in [0.25, 0.3) is 0 Å². The smallest absolute Gasteiger partial charge is 0.227 e. The van der Waals surface area contributed by atoms with Crippen LogP contribution < -0.4 is 4.90 Å². The number of nitrogens with zero attached hydrogens (tertiary/aromatic N) is 3. The molecule has 2 heterocycles. The van der Waals surface area contributed by atoms with E-state index in [4.69, 9.17) is 16.1 Å². The van der Waals surface area contributed by atoms with E-state index in [1.165, 1.54) is 0 Å². The Hall–Kier alpha value is -1.88. The molecule has 0 N–H and O–H groups in total. The van der Waals surface area contributed by atoms with Crippen LogP contribution in [0.3, 0.4) is 0 Å². The first-order chi connectivity index (χ1) is 9.54. The molecule has 3 rings (SSSR count). The van der Waals surface area contributed by atoms with Gasteiger partial charge in [0, 0.05) is 25.8 Å². The van der Waals surface area contributed by atoms with Gasteiger partial charge >= 0.3 is 0 Å². The van der Waals surface area contributed by atoms with Crippen molar-refractivity contribution in [2.45, 2.75) is 26.2 Å². The minimum atomic E-state index is -0.0441. The van der Waals surface area contributed by atoms with Gasteiger partial charge in [-0.1, -0.05) is 22.8 Å². The summed E-state index contributed by atoms with van der Waals surface area (Å²) in [5, 5.41) is 4.49. The van der Waals surface area contributed by atoms with Crippen LogP contribution >= 0.6 is 11.6 Å². The van der Waals surface area contributed by atoms with Crippen molar-refractivity contribution in [2.75, 3.05) is 11.4 Å². The van der Waals surface area contributed by atoms with E-state index in [0.717, 1.165) is 11.3 Å². The molecule has 1 saturated heterocycles. The molecule has 2 aromatic rings. The predicted molar refractivity (Wildman–Crippen MR) is 74.9 cm³/mol. The molecule has 1 unspecified atom stereocenters. The van der Waals surface area contributed by atoms with Crippen molar-refractivity contribution in [1.29, 1.82) is 0 Å². The Kier molecular flexibility index (Phi) is 3.22. The van der Waals surface area contributed by atoms with Gasteiger partial charge in [0.1, 0.15) is 0 Å². The molecule has 0 radical (unpaired) electrons. The molecule has 20 heavy (non-hydrogen) atoms. The average Bonchev–Trinajstić information content (AvgIpc) is 2.96. The van der Waals surface area contributed by atoms with Crippen molar-refractivity contribution in [3.8, 4) is 0 Å². The number of benzene rings is 1. The number of hydrogen-bond donors (Lipinski definition) is 0. The average molecular weight is 292 g/mol. The van der Waals surface area contributed by atoms with Gasteiger partial charge in [0.05, 0.1) is 10.7 Å². The van der Waals surface area contributed by atoms with E-state index in [1.54, 1.807) is 11.8 Å². The highest BCUT2D eigenvalue weighted by atomic mass is 35.5. The van der Waals surface area contributed by atoms with E-state index in [1.807, 2.05) is 25.1 Å². The first-order valence-corrected chi connectivity index (χ1v) is 6.79. The minimum absolute atomic E-state index is 0.0307. The highest BCUT2D eigenvalue weighted by Gasteiger charge is 2.35. The molecule has 1 atom stereocenters. The lowest BCUT2D eigenvalue weighted by atomic mass is 10.1. The zero-order valence-electron chi connectivity index (χ0n) is 11.3. The molecule has 1 aliphatic heterocycles. The van der Waals surface area contributed by atoms with E-state index in [-0.39, 0.29) is 11.8 Å². The Morgan fingerprint density at radius 1 is 1.40 bits per heavy atom. The van der Waals surface area contributed by atoms with Crippen LogP contribution in [0, 0.1) is 13.8 Å². The Balaban J connectivity index is 1.87. The number of hydrogen-bond acceptors (Lipinski definition) is 4. The van der Waals surface area contributed by atoms with Gasteiger partial charge in [0.2, 0.25) is 11.8 Å². The van der Waals surface area contributed by atoms with Crippen LogP contribution in [0.4, 0.5) is 5.69 Å². The normalized spacial score (nSPS) is 18.9. The van der Waals surface area contributed by atoms with Crippen molar-refractivity contribution in [3.63, 3.8) is 0 Å². The Bertz CT molecular complexity index is 668. The maximum atomic E-state index is 12.2. The molecule has 1 aliphatic rings. The van der Waals surface area contributed by atoms with E-state index in [0.29, 0.717) is 29.7 Å². The first-order valence-electron chi connectivity index (χ1n) is 6.41. The highest BCUT2D eigenvalue weighted by molar-refractivity contribution is 6.34. The molecule has 1 aromatic heterocycles. The van der Waals surface area contributed by atoms with Gasteiger partial charge in [-0.25, -0.2) is 0 Å². The molecule has 104 valence electrons. The molecule has 0 saturated carbocycles. The van der Waals surface area contributed by atoms with Crippen LogP contribution in [0.1, 0.15) is 29.6 Å². The first kappa shape index (κ1) is 13.1. The summed E-state index contributed by atoms with van der Waals surface area (Å²) in [5.74, 6) is 1.08. The molecular formula is C14H14ClN3O2. The minimum Gasteiger partial charge on any atom is -0.340 e. The van der Waals surface area contributed by atoms with Crippen LogP contribution in [0.25, 0.3) is 0 Å². The topological polar surface area (TPSA) is 59.2 Å². The van der Waals surface area contributed by atoms with Crippen LogP contribution in [-0.4, -0.2) is 22.6 Å². The highest BCUT2D eigenvalue weighted by Crippen LogP contribution is 2.34. The molecular weight excluding hydrogens is 278 g/mol. The summed E-state index contributed by atoms with van der Waals surface area (Å²) in [5.41, 5.74) is 1.81. The molecule has 1 fully saturated rings. The summed E-state index contributed by atoms with van der Waals surface area (Å²) in [6, 6.07) is 5.68. The van der Waals surface area contributed by atoms with E-state index < -0.39 is 0 Å². The SMILES string of the molecule is Cc1ccc(N2CC(c3noc(C)n3)CC2=O)c(Cl)c1. The lowest BCUT2D eigenvalue weighted by molar-refractivity contribution is -0.117. The van der Waals surface area contributed by atoms with E-state index in [2.05, 4.69) is 10.1 Å². The number of rotatable bonds is 2. The van der Waals surface area contributed by atoms with Crippen LogP contribution in [0.15, 0.2) is 22.7 Å². The summed E-state index contributed by atoms with van der Waals surface area (Å²) in [7, 11) is 0. The van der Waals surface area contributed by atoms with Crippen LogP contribution in [0.5, 0.6) is 0 Å². The summed E-state index contributed by atoms with van der Waals surface area (Å²) >= 11 is 6.23. The molecule has 5 nitrogen and oxygen atoms in total. The summed E-state index contributed by atoms with van der Waals surface area (Å²) in [6.45, 7) is 4.23. The molecule has 0 bridgehead atoms. The lowest BCUT2D eigenvalue weighted by Gasteiger charge is -2.18. The zero-order chi connectivity index (χ0) is 14.3. The summed E-state index contributed by atoms with van der Waals surface area (Å²) in [4.78, 5) is 18.1. The monoisotopic (exact) mass is 291 g/mol. The molecule has 0 spiro atoms. The second-order valence-corrected chi connectivity index (χ2v) is 5.44. The van der Waals surface area contributed by atoms with Gasteiger partial charge < -0.3 is 9.42 Å². The van der Waals surface area contributed by atoms with Gasteiger partial charge in [-0.2, -0.15) is 4.98 Å². The zero-order valence-corrected chi connectivity index (χ0v) is 12.0. The number of amides is 1. The number of carbonyl (C=O) groups is 1. The second kappa shape index (κ2) is 4.90. The van der Waals surface area contributed by atoms with Gasteiger partial charge in [-0.15, -0.1) is 0 Å². The van der Waals surface area contributed by atoms with Crippen LogP contribution in [-0.2, 0) is 4.79 Å². The second-order valence-electron chi connectivity index (χ2n) is 5.03. The third kappa shape index (κ3) is 2.29. The maximum absolute atomic E-state index is 12.2. The number of halogens is 1. The largest absolute Gasteiger partial charge is 0.340 e. The summed E-state index contributed by atoms with van der Waals surface area (Å²) in [6.07, 6.45) is 0.378. The Morgan fingerprint density at radius 2 is 2.20 bits per heavy atom. The fraction of sp³-hybridized carbons (Fsp3) is 0.357. The van der Waals surface area contributed by atoms with Crippen molar-refractivity contribution >= 4 is 23.2 Å². The number of aromatic nitrogens is 2. The van der Waals surface area contributed by atoms with Gasteiger partial charge in [0.15, 0.2) is 5.82 Å². The van der Waals surface area contributed by atoms with Crippen molar-refractivity contribution in [2.24, 2.45) is 0 Å². The standard InChI is InChI=1S/C14H14ClN3O2/c1-8-3-4-12(11(15)5-8)18-7-10(6-13(18)19)14-16-9(2)20-17-14/h3-5,10H,6-7H2,1-2H3. The Morgan fingerprint density at radius 3 is 2.85 bits per heavy atom. The quantitative estimate of drug-likeness (QED) is 0.853. The summed E-state index contributed by atoms with van der Waals surface area (Å²) < 4.78 is 4.98. The fourth-order valence-electron chi connectivity index (χ4n) is 2.42. The van der Waals surface area contributed by atoms with E-state index in [9.17, 15) is 4.79 Å². The Labute approximate surface area is 121 Å². The van der Waals surface area contributed by atoms with Crippen LogP contribution in [0.2, 0.25) is 5.02 Å². The van der Waals surface area contributed by atoms with Crippen molar-refractivity contribution in [3.05, 3.63) is 40.5 Å². The number of carbonyl (C=O) groups excluding carboxylic acids is 1. The lowest BCUT2D eigenvalue weighted by Crippen LogP contribution is -2.24. The molecule has 0 aliphatic carbocycles. The number of anilines is 1. The third-order valence-corrected chi connectivity index (χ3v) is 3.73. The molecule has 1 amide bonds. The maximum Gasteiger partial charge on any atom is 0.227 e. The third-order valence-electron chi connectivity index (χ3n) is 3.43. The fourth-order valence-corrected chi connectivity index (χ4v) is 2.76. The van der Waals surface area contributed by atoms with E-state index >= 15 is 0 Å². The molecule has 6 heteroatoms. The predicted octanol–water partition coefficient (Wildman–Crippen LogP) is 2.86. The molecule has 1 aromatic carbocycles. The van der Waals surface area contributed by atoms with Gasteiger partial charge in [-0.3, -0.25) is 4.79 Å². The van der Waals surface area contributed by atoms with Crippen molar-refractivity contribution < 1.29 is 9.32 Å². The number of aryl methyl sites for hydroxylation is 2. The van der Waals surface area contributed by atoms with Crippen molar-refractivity contribution in [1.82, 2.24) is 10.1 Å².